The summed E-state index contributed by atoms with van der Waals surface area (Å²) in [6.07, 6.45) is 1.01. The first-order valence-electron chi connectivity index (χ1n) is 5.33. The molecule has 16 heavy (non-hydrogen) atoms. The molecule has 4 heteroatoms. The minimum atomic E-state index is -0.254. The molecule has 0 amide bonds. The summed E-state index contributed by atoms with van der Waals surface area (Å²) < 4.78 is 24.3. The molecule has 1 rings (SSSR count). The van der Waals surface area contributed by atoms with Crippen molar-refractivity contribution in [1.29, 1.82) is 0 Å². The quantitative estimate of drug-likeness (QED) is 0.715. The molecular weight excluding hydrogens is 275 g/mol. The van der Waals surface area contributed by atoms with Gasteiger partial charge in [0.15, 0.2) is 0 Å². The summed E-state index contributed by atoms with van der Waals surface area (Å²) in [5.41, 5.74) is 0.822. The Kier molecular flexibility index (Phi) is 6.61. The lowest BCUT2D eigenvalue weighted by Gasteiger charge is -2.05. The summed E-state index contributed by atoms with van der Waals surface area (Å²) in [6.45, 7) is 4.35. The molecule has 0 aliphatic carbocycles. The first kappa shape index (κ1) is 13.6. The molecule has 0 bridgehead atoms. The summed E-state index contributed by atoms with van der Waals surface area (Å²) >= 11 is 3.24. The highest BCUT2D eigenvalue weighted by Gasteiger charge is 1.99. The van der Waals surface area contributed by atoms with E-state index >= 15 is 0 Å². The molecule has 0 aliphatic rings. The maximum absolute atomic E-state index is 13.0. The highest BCUT2D eigenvalue weighted by atomic mass is 79.9. The van der Waals surface area contributed by atoms with Crippen LogP contribution in [0.2, 0.25) is 0 Å². The highest BCUT2D eigenvalue weighted by Crippen LogP contribution is 2.15. The standard InChI is InChI=1S/C12H16BrFO2/c1-2-3-15-4-5-16-9-10-6-11(13)8-12(14)7-10/h6-8H,2-5,9H2,1H3. The van der Waals surface area contributed by atoms with Crippen molar-refractivity contribution in [3.8, 4) is 0 Å². The Morgan fingerprint density at radius 2 is 1.88 bits per heavy atom. The van der Waals surface area contributed by atoms with Gasteiger partial charge in [-0.15, -0.1) is 0 Å². The fraction of sp³-hybridized carbons (Fsp3) is 0.500. The number of hydrogen-bond donors (Lipinski definition) is 0. The van der Waals surface area contributed by atoms with E-state index in [4.69, 9.17) is 9.47 Å². The zero-order valence-electron chi connectivity index (χ0n) is 9.34. The van der Waals surface area contributed by atoms with Crippen LogP contribution in [0.5, 0.6) is 0 Å². The van der Waals surface area contributed by atoms with Gasteiger partial charge in [-0.05, 0) is 30.2 Å². The molecule has 0 fully saturated rings. The molecule has 0 atom stereocenters. The van der Waals surface area contributed by atoms with Crippen molar-refractivity contribution in [1.82, 2.24) is 0 Å². The fourth-order valence-corrected chi connectivity index (χ4v) is 1.76. The molecule has 90 valence electrons. The van der Waals surface area contributed by atoms with E-state index in [0.29, 0.717) is 19.8 Å². The van der Waals surface area contributed by atoms with Gasteiger partial charge in [0.05, 0.1) is 19.8 Å². The Labute approximate surface area is 104 Å². The van der Waals surface area contributed by atoms with Crippen LogP contribution in [0, 0.1) is 5.82 Å². The average molecular weight is 291 g/mol. The molecule has 1 aromatic rings. The second kappa shape index (κ2) is 7.76. The second-order valence-corrected chi connectivity index (χ2v) is 4.36. The van der Waals surface area contributed by atoms with Crippen LogP contribution >= 0.6 is 15.9 Å². The van der Waals surface area contributed by atoms with Gasteiger partial charge in [-0.2, -0.15) is 0 Å². The van der Waals surface area contributed by atoms with Crippen molar-refractivity contribution in [3.05, 3.63) is 34.1 Å². The lowest BCUT2D eigenvalue weighted by atomic mass is 10.2. The van der Waals surface area contributed by atoms with Crippen LogP contribution in [-0.2, 0) is 16.1 Å². The van der Waals surface area contributed by atoms with Crippen molar-refractivity contribution >= 4 is 15.9 Å². The number of ether oxygens (including phenoxy) is 2. The Morgan fingerprint density at radius 1 is 1.12 bits per heavy atom. The largest absolute Gasteiger partial charge is 0.379 e. The molecule has 0 aromatic heterocycles. The molecule has 2 nitrogen and oxygen atoms in total. The maximum atomic E-state index is 13.0. The van der Waals surface area contributed by atoms with Crippen LogP contribution in [0.4, 0.5) is 4.39 Å². The van der Waals surface area contributed by atoms with Gasteiger partial charge in [-0.1, -0.05) is 22.9 Å². The van der Waals surface area contributed by atoms with Gasteiger partial charge in [0.25, 0.3) is 0 Å². The molecule has 0 radical (unpaired) electrons. The average Bonchev–Trinajstić information content (AvgIpc) is 2.22. The van der Waals surface area contributed by atoms with Crippen LogP contribution in [0.1, 0.15) is 18.9 Å². The lowest BCUT2D eigenvalue weighted by molar-refractivity contribution is 0.0407. The van der Waals surface area contributed by atoms with Crippen molar-refractivity contribution in [2.75, 3.05) is 19.8 Å². The van der Waals surface area contributed by atoms with E-state index < -0.39 is 0 Å². The zero-order chi connectivity index (χ0) is 11.8. The minimum absolute atomic E-state index is 0.254. The first-order chi connectivity index (χ1) is 7.72. The second-order valence-electron chi connectivity index (χ2n) is 3.44. The van der Waals surface area contributed by atoms with Crippen molar-refractivity contribution in [2.24, 2.45) is 0 Å². The van der Waals surface area contributed by atoms with E-state index in [-0.39, 0.29) is 5.82 Å². The fourth-order valence-electron chi connectivity index (χ4n) is 1.25. The summed E-state index contributed by atoms with van der Waals surface area (Å²) in [6, 6.07) is 4.74. The molecule has 1 aromatic carbocycles. The van der Waals surface area contributed by atoms with Crippen LogP contribution in [0.25, 0.3) is 0 Å². The van der Waals surface area contributed by atoms with Crippen molar-refractivity contribution < 1.29 is 13.9 Å². The SMILES string of the molecule is CCCOCCOCc1cc(F)cc(Br)c1. The molecule has 0 saturated heterocycles. The minimum Gasteiger partial charge on any atom is -0.379 e. The Morgan fingerprint density at radius 3 is 2.56 bits per heavy atom. The molecular formula is C12H16BrFO2. The van der Waals surface area contributed by atoms with Gasteiger partial charge >= 0.3 is 0 Å². The van der Waals surface area contributed by atoms with Gasteiger partial charge in [-0.3, -0.25) is 0 Å². The van der Waals surface area contributed by atoms with E-state index in [1.54, 1.807) is 0 Å². The Hall–Kier alpha value is -0.450. The predicted molar refractivity (Wildman–Crippen MR) is 64.9 cm³/mol. The van der Waals surface area contributed by atoms with Crippen LogP contribution in [0.3, 0.4) is 0 Å². The van der Waals surface area contributed by atoms with Gasteiger partial charge in [-0.25, -0.2) is 4.39 Å². The monoisotopic (exact) mass is 290 g/mol. The van der Waals surface area contributed by atoms with E-state index in [9.17, 15) is 4.39 Å². The molecule has 0 spiro atoms. The van der Waals surface area contributed by atoms with Gasteiger partial charge < -0.3 is 9.47 Å². The maximum Gasteiger partial charge on any atom is 0.124 e. The van der Waals surface area contributed by atoms with Gasteiger partial charge in [0.1, 0.15) is 5.82 Å². The summed E-state index contributed by atoms with van der Waals surface area (Å²) in [5, 5.41) is 0. The summed E-state index contributed by atoms with van der Waals surface area (Å²) in [7, 11) is 0. The number of halogens is 2. The van der Waals surface area contributed by atoms with E-state index in [2.05, 4.69) is 22.9 Å². The van der Waals surface area contributed by atoms with Crippen LogP contribution < -0.4 is 0 Å². The van der Waals surface area contributed by atoms with Crippen molar-refractivity contribution in [2.45, 2.75) is 20.0 Å². The number of benzene rings is 1. The summed E-state index contributed by atoms with van der Waals surface area (Å²) in [5.74, 6) is -0.254. The Bertz CT molecular complexity index is 298. The molecule has 0 heterocycles. The molecule has 0 N–H and O–H groups in total. The normalized spacial score (nSPS) is 10.7. The Balaban J connectivity index is 2.21. The van der Waals surface area contributed by atoms with E-state index in [0.717, 1.165) is 23.1 Å². The number of rotatable bonds is 7. The van der Waals surface area contributed by atoms with E-state index in [1.807, 2.05) is 6.07 Å². The third-order valence-corrected chi connectivity index (χ3v) is 2.37. The predicted octanol–water partition coefficient (Wildman–Crippen LogP) is 3.53. The first-order valence-corrected chi connectivity index (χ1v) is 6.12. The van der Waals surface area contributed by atoms with Crippen LogP contribution in [0.15, 0.2) is 22.7 Å². The molecule has 0 unspecified atom stereocenters. The van der Waals surface area contributed by atoms with E-state index in [1.165, 1.54) is 12.1 Å². The van der Waals surface area contributed by atoms with Crippen LogP contribution in [-0.4, -0.2) is 19.8 Å². The summed E-state index contributed by atoms with van der Waals surface area (Å²) in [4.78, 5) is 0. The lowest BCUT2D eigenvalue weighted by Crippen LogP contribution is -2.05. The smallest absolute Gasteiger partial charge is 0.124 e. The zero-order valence-corrected chi connectivity index (χ0v) is 10.9. The third-order valence-electron chi connectivity index (χ3n) is 1.91. The highest BCUT2D eigenvalue weighted by molar-refractivity contribution is 9.10. The van der Waals surface area contributed by atoms with Gasteiger partial charge in [0, 0.05) is 11.1 Å². The molecule has 0 saturated carbocycles. The number of hydrogen-bond acceptors (Lipinski definition) is 2. The topological polar surface area (TPSA) is 18.5 Å². The van der Waals surface area contributed by atoms with Gasteiger partial charge in [0.2, 0.25) is 0 Å². The molecule has 0 aliphatic heterocycles. The third kappa shape index (κ3) is 5.58. The van der Waals surface area contributed by atoms with Crippen molar-refractivity contribution in [3.63, 3.8) is 0 Å².